The largest absolute Gasteiger partial charge is 0.327 e. The normalized spacial score (nSPS) is 10.9. The van der Waals surface area contributed by atoms with E-state index >= 15 is 0 Å². The van der Waals surface area contributed by atoms with E-state index in [4.69, 9.17) is 11.6 Å². The van der Waals surface area contributed by atoms with Gasteiger partial charge in [-0.1, -0.05) is 39.7 Å². The molecular formula is C9H9BrClNO. The molecule has 1 aromatic heterocycles. The molecule has 4 heteroatoms. The molecule has 0 amide bonds. The molecule has 0 saturated carbocycles. The highest BCUT2D eigenvalue weighted by atomic mass is 79.9. The number of hydrogen-bond donors (Lipinski definition) is 1. The Hall–Kier alpha value is -0.540. The highest BCUT2D eigenvalue weighted by molar-refractivity contribution is 9.09. The summed E-state index contributed by atoms with van der Waals surface area (Å²) >= 11 is 8.95. The molecular weight excluding hydrogens is 253 g/mol. The first kappa shape index (κ1) is 10.5. The zero-order valence-corrected chi connectivity index (χ0v) is 9.23. The molecule has 1 N–H and O–H groups in total. The van der Waals surface area contributed by atoms with Crippen LogP contribution in [0.1, 0.15) is 12.0 Å². The number of halogens is 2. The van der Waals surface area contributed by atoms with Crippen molar-refractivity contribution in [2.75, 3.05) is 5.33 Å². The fraction of sp³-hybridized carbons (Fsp3) is 0.222. The zero-order valence-electron chi connectivity index (χ0n) is 6.89. The standard InChI is InChI=1S/C9H9BrClNO/c10-4-2-1-3-7-5-8(11)9(13)12-6-7/h1,3,5-6H,2,4H2,(H,12,13). The Labute approximate surface area is 89.8 Å². The molecule has 13 heavy (non-hydrogen) atoms. The van der Waals surface area contributed by atoms with Gasteiger partial charge in [-0.05, 0) is 18.1 Å². The lowest BCUT2D eigenvalue weighted by atomic mass is 10.2. The minimum Gasteiger partial charge on any atom is -0.327 e. The van der Waals surface area contributed by atoms with Crippen molar-refractivity contribution in [2.45, 2.75) is 6.42 Å². The number of H-pyrrole nitrogens is 1. The number of hydrogen-bond acceptors (Lipinski definition) is 1. The molecule has 0 atom stereocenters. The Morgan fingerprint density at radius 1 is 1.62 bits per heavy atom. The van der Waals surface area contributed by atoms with Gasteiger partial charge in [-0.2, -0.15) is 0 Å². The second kappa shape index (κ2) is 5.25. The molecule has 0 saturated heterocycles. The highest BCUT2D eigenvalue weighted by Crippen LogP contribution is 2.06. The molecule has 0 aliphatic rings. The van der Waals surface area contributed by atoms with Crippen molar-refractivity contribution in [3.05, 3.63) is 39.3 Å². The predicted octanol–water partition coefficient (Wildman–Crippen LogP) is 2.83. The van der Waals surface area contributed by atoms with E-state index in [0.29, 0.717) is 0 Å². The lowest BCUT2D eigenvalue weighted by Gasteiger charge is -1.93. The van der Waals surface area contributed by atoms with Crippen molar-refractivity contribution in [2.24, 2.45) is 0 Å². The van der Waals surface area contributed by atoms with Crippen LogP contribution in [0.4, 0.5) is 0 Å². The lowest BCUT2D eigenvalue weighted by Crippen LogP contribution is -2.04. The van der Waals surface area contributed by atoms with Gasteiger partial charge in [0.15, 0.2) is 0 Å². The number of pyridine rings is 1. The Balaban J connectivity index is 2.79. The fourth-order valence-electron chi connectivity index (χ4n) is 0.850. The molecule has 70 valence electrons. The maximum Gasteiger partial charge on any atom is 0.266 e. The van der Waals surface area contributed by atoms with E-state index in [9.17, 15) is 4.79 Å². The van der Waals surface area contributed by atoms with Crippen molar-refractivity contribution >= 4 is 33.6 Å². The monoisotopic (exact) mass is 261 g/mol. The summed E-state index contributed by atoms with van der Waals surface area (Å²) in [5.74, 6) is 0. The first-order chi connectivity index (χ1) is 6.24. The molecule has 0 radical (unpaired) electrons. The molecule has 2 nitrogen and oxygen atoms in total. The van der Waals surface area contributed by atoms with Crippen LogP contribution in [0.5, 0.6) is 0 Å². The Morgan fingerprint density at radius 3 is 3.00 bits per heavy atom. The Bertz CT molecular complexity index is 359. The van der Waals surface area contributed by atoms with Crippen LogP contribution >= 0.6 is 27.5 Å². The van der Waals surface area contributed by atoms with Gasteiger partial charge in [0.05, 0.1) is 0 Å². The van der Waals surface area contributed by atoms with Crippen LogP contribution in [0.25, 0.3) is 6.08 Å². The van der Waals surface area contributed by atoms with Gasteiger partial charge in [-0.15, -0.1) is 0 Å². The number of alkyl halides is 1. The van der Waals surface area contributed by atoms with Crippen molar-refractivity contribution in [1.29, 1.82) is 0 Å². The maximum absolute atomic E-state index is 10.9. The summed E-state index contributed by atoms with van der Waals surface area (Å²) in [4.78, 5) is 13.4. The average Bonchev–Trinajstić information content (AvgIpc) is 2.12. The number of aromatic amines is 1. The van der Waals surface area contributed by atoms with Crippen molar-refractivity contribution in [3.63, 3.8) is 0 Å². The second-order valence-corrected chi connectivity index (χ2v) is 3.69. The molecule has 1 aromatic rings. The first-order valence-electron chi connectivity index (χ1n) is 3.85. The van der Waals surface area contributed by atoms with Crippen LogP contribution in [0, 0.1) is 0 Å². The van der Waals surface area contributed by atoms with Crippen LogP contribution in [-0.2, 0) is 0 Å². The van der Waals surface area contributed by atoms with Gasteiger partial charge < -0.3 is 4.98 Å². The number of nitrogens with one attached hydrogen (secondary N) is 1. The van der Waals surface area contributed by atoms with Crippen LogP contribution in [0.2, 0.25) is 5.02 Å². The highest BCUT2D eigenvalue weighted by Gasteiger charge is 1.94. The summed E-state index contributed by atoms with van der Waals surface area (Å²) in [6, 6.07) is 1.64. The predicted molar refractivity (Wildman–Crippen MR) is 59.5 cm³/mol. The molecule has 0 aliphatic heterocycles. The third-order valence-corrected chi connectivity index (χ3v) is 2.20. The molecule has 0 fully saturated rings. The van der Waals surface area contributed by atoms with Crippen molar-refractivity contribution in [1.82, 2.24) is 4.98 Å². The van der Waals surface area contributed by atoms with Crippen LogP contribution in [0.15, 0.2) is 23.1 Å². The molecule has 0 spiro atoms. The zero-order chi connectivity index (χ0) is 9.68. The summed E-state index contributed by atoms with van der Waals surface area (Å²) < 4.78 is 0. The maximum atomic E-state index is 10.9. The van der Waals surface area contributed by atoms with Gasteiger partial charge in [0.1, 0.15) is 5.02 Å². The summed E-state index contributed by atoms with van der Waals surface area (Å²) in [5, 5.41) is 1.15. The quantitative estimate of drug-likeness (QED) is 0.835. The topological polar surface area (TPSA) is 32.9 Å². The minimum atomic E-state index is -0.251. The van der Waals surface area contributed by atoms with Gasteiger partial charge in [0, 0.05) is 11.5 Å². The number of aromatic nitrogens is 1. The first-order valence-corrected chi connectivity index (χ1v) is 5.34. The van der Waals surface area contributed by atoms with Crippen molar-refractivity contribution < 1.29 is 0 Å². The SMILES string of the molecule is O=c1[nH]cc(C=CCCBr)cc1Cl. The summed E-state index contributed by atoms with van der Waals surface area (Å²) in [5.41, 5.74) is 0.657. The van der Waals surface area contributed by atoms with Gasteiger partial charge in [0.2, 0.25) is 0 Å². The van der Waals surface area contributed by atoms with Crippen LogP contribution < -0.4 is 5.56 Å². The third-order valence-electron chi connectivity index (χ3n) is 1.47. The number of allylic oxidation sites excluding steroid dienone is 1. The van der Waals surface area contributed by atoms with Gasteiger partial charge in [0.25, 0.3) is 5.56 Å². The lowest BCUT2D eigenvalue weighted by molar-refractivity contribution is 1.22. The van der Waals surface area contributed by atoms with Crippen LogP contribution in [0.3, 0.4) is 0 Å². The van der Waals surface area contributed by atoms with E-state index < -0.39 is 0 Å². The minimum absolute atomic E-state index is 0.223. The van der Waals surface area contributed by atoms with E-state index in [-0.39, 0.29) is 10.6 Å². The summed E-state index contributed by atoms with van der Waals surface area (Å²) in [6.45, 7) is 0. The molecule has 0 aliphatic carbocycles. The van der Waals surface area contributed by atoms with E-state index in [2.05, 4.69) is 20.9 Å². The average molecular weight is 263 g/mol. The molecule has 0 bridgehead atoms. The van der Waals surface area contributed by atoms with Gasteiger partial charge in [-0.3, -0.25) is 4.79 Å². The third kappa shape index (κ3) is 3.36. The van der Waals surface area contributed by atoms with E-state index in [1.54, 1.807) is 12.3 Å². The summed E-state index contributed by atoms with van der Waals surface area (Å²) in [7, 11) is 0. The van der Waals surface area contributed by atoms with E-state index in [0.717, 1.165) is 17.3 Å². The van der Waals surface area contributed by atoms with Gasteiger partial charge >= 0.3 is 0 Å². The van der Waals surface area contributed by atoms with Gasteiger partial charge in [-0.25, -0.2) is 0 Å². The molecule has 0 aromatic carbocycles. The fourth-order valence-corrected chi connectivity index (χ4v) is 1.29. The molecule has 1 rings (SSSR count). The van der Waals surface area contributed by atoms with E-state index in [1.165, 1.54) is 0 Å². The molecule has 1 heterocycles. The van der Waals surface area contributed by atoms with Crippen LogP contribution in [-0.4, -0.2) is 10.3 Å². The number of rotatable bonds is 3. The summed E-state index contributed by atoms with van der Waals surface area (Å²) in [6.07, 6.45) is 6.53. The van der Waals surface area contributed by atoms with E-state index in [1.807, 2.05) is 12.2 Å². The second-order valence-electron chi connectivity index (χ2n) is 2.49. The van der Waals surface area contributed by atoms with Crippen molar-refractivity contribution in [3.8, 4) is 0 Å². The molecule has 0 unspecified atom stereocenters. The Morgan fingerprint density at radius 2 is 2.38 bits per heavy atom. The Kier molecular flexibility index (Phi) is 4.25. The smallest absolute Gasteiger partial charge is 0.266 e.